The van der Waals surface area contributed by atoms with Crippen molar-refractivity contribution >= 4 is 48.9 Å². The second-order valence-corrected chi connectivity index (χ2v) is 13.5. The van der Waals surface area contributed by atoms with Crippen molar-refractivity contribution in [2.24, 2.45) is 0 Å². The number of carbonyl (C=O) groups is 2. The Morgan fingerprint density at radius 1 is 0.872 bits per heavy atom. The van der Waals surface area contributed by atoms with Crippen LogP contribution in [0.25, 0.3) is 0 Å². The van der Waals surface area contributed by atoms with E-state index in [9.17, 15) is 26.4 Å². The fraction of sp³-hybridized carbons (Fsp3) is 0.280. The van der Waals surface area contributed by atoms with Crippen molar-refractivity contribution < 1.29 is 31.2 Å². The average molecular weight is 593 g/mol. The fourth-order valence-corrected chi connectivity index (χ4v) is 7.62. The molecule has 1 aliphatic heterocycles. The van der Waals surface area contributed by atoms with Gasteiger partial charge >= 0.3 is 0 Å². The molecule has 1 fully saturated rings. The van der Waals surface area contributed by atoms with Gasteiger partial charge in [-0.15, -0.1) is 11.3 Å². The third kappa shape index (κ3) is 6.76. The molecular formula is C25H28N4O7S3. The van der Waals surface area contributed by atoms with Crippen LogP contribution in [-0.2, 0) is 20.0 Å². The quantitative estimate of drug-likeness (QED) is 0.340. The highest BCUT2D eigenvalue weighted by Crippen LogP contribution is 2.26. The van der Waals surface area contributed by atoms with Crippen LogP contribution in [0.15, 0.2) is 69.1 Å². The second-order valence-electron chi connectivity index (χ2n) is 8.70. The van der Waals surface area contributed by atoms with Crippen LogP contribution in [0.4, 0.5) is 5.69 Å². The van der Waals surface area contributed by atoms with Gasteiger partial charge in [-0.3, -0.25) is 25.2 Å². The van der Waals surface area contributed by atoms with Gasteiger partial charge in [0.05, 0.1) is 17.6 Å². The molecule has 3 aromatic rings. The molecule has 0 radical (unpaired) electrons. The molecule has 0 saturated carbocycles. The molecule has 11 nitrogen and oxygen atoms in total. The molecule has 0 spiro atoms. The van der Waals surface area contributed by atoms with Crippen molar-refractivity contribution in [3.63, 3.8) is 0 Å². The van der Waals surface area contributed by atoms with Gasteiger partial charge in [-0.2, -0.15) is 4.31 Å². The predicted molar refractivity (Wildman–Crippen MR) is 147 cm³/mol. The van der Waals surface area contributed by atoms with E-state index in [1.165, 1.54) is 59.9 Å². The Kier molecular flexibility index (Phi) is 8.90. The van der Waals surface area contributed by atoms with Gasteiger partial charge in [0.1, 0.15) is 9.96 Å². The lowest BCUT2D eigenvalue weighted by Crippen LogP contribution is -2.41. The van der Waals surface area contributed by atoms with E-state index in [0.29, 0.717) is 13.1 Å². The van der Waals surface area contributed by atoms with E-state index in [1.807, 2.05) is 0 Å². The molecule has 0 atom stereocenters. The standard InChI is InChI=1S/C25H28N4O7S3/c1-36-22-13-12-20(39(34,35)29-14-4-2-3-5-15-29)17-21(22)25(31)27-26-24(30)18-8-10-19(11-9-18)28-38(32,33)23-7-6-16-37-23/h6-13,16-17,28H,2-5,14-15H2,1H3,(H,26,30)(H,27,31). The first-order chi connectivity index (χ1) is 18.6. The summed E-state index contributed by atoms with van der Waals surface area (Å²) in [5.74, 6) is -1.30. The number of anilines is 1. The van der Waals surface area contributed by atoms with Crippen molar-refractivity contribution in [1.82, 2.24) is 15.2 Å². The molecular weight excluding hydrogens is 564 g/mol. The van der Waals surface area contributed by atoms with Gasteiger partial charge < -0.3 is 4.74 Å². The minimum Gasteiger partial charge on any atom is -0.496 e. The van der Waals surface area contributed by atoms with Gasteiger partial charge in [0, 0.05) is 24.3 Å². The molecule has 39 heavy (non-hydrogen) atoms. The molecule has 3 N–H and O–H groups in total. The lowest BCUT2D eigenvalue weighted by Gasteiger charge is -2.20. The topological polar surface area (TPSA) is 151 Å². The van der Waals surface area contributed by atoms with Gasteiger partial charge in [0.15, 0.2) is 0 Å². The van der Waals surface area contributed by atoms with Crippen LogP contribution in [0.2, 0.25) is 0 Å². The van der Waals surface area contributed by atoms with Gasteiger partial charge in [0.2, 0.25) is 10.0 Å². The number of rotatable bonds is 8. The Balaban J connectivity index is 1.43. The number of carbonyl (C=O) groups excluding carboxylic acids is 2. The zero-order valence-corrected chi connectivity index (χ0v) is 23.5. The normalized spacial score (nSPS) is 14.7. The van der Waals surface area contributed by atoms with Crippen LogP contribution in [0, 0.1) is 0 Å². The highest BCUT2D eigenvalue weighted by Gasteiger charge is 2.27. The van der Waals surface area contributed by atoms with Gasteiger partial charge in [-0.05, 0) is 66.8 Å². The van der Waals surface area contributed by atoms with Gasteiger partial charge in [-0.25, -0.2) is 16.8 Å². The molecule has 4 rings (SSSR count). The number of benzene rings is 2. The van der Waals surface area contributed by atoms with E-state index in [1.54, 1.807) is 11.4 Å². The molecule has 1 aliphatic rings. The monoisotopic (exact) mass is 592 g/mol. The largest absolute Gasteiger partial charge is 0.496 e. The number of hydrogen-bond acceptors (Lipinski definition) is 8. The Labute approximate surface area is 231 Å². The maximum atomic E-state index is 13.2. The Morgan fingerprint density at radius 3 is 2.15 bits per heavy atom. The van der Waals surface area contributed by atoms with Crippen LogP contribution in [-0.4, -0.2) is 53.2 Å². The predicted octanol–water partition coefficient (Wildman–Crippen LogP) is 3.20. The zero-order valence-electron chi connectivity index (χ0n) is 21.0. The number of thiophene rings is 1. The van der Waals surface area contributed by atoms with E-state index in [2.05, 4.69) is 15.6 Å². The number of sulfonamides is 2. The maximum Gasteiger partial charge on any atom is 0.273 e. The molecule has 2 aromatic carbocycles. The van der Waals surface area contributed by atoms with Crippen molar-refractivity contribution in [2.75, 3.05) is 24.9 Å². The first kappa shape index (κ1) is 28.5. The SMILES string of the molecule is COc1ccc(S(=O)(=O)N2CCCCCC2)cc1C(=O)NNC(=O)c1ccc(NS(=O)(=O)c2cccs2)cc1. The number of amides is 2. The first-order valence-electron chi connectivity index (χ1n) is 12.1. The first-order valence-corrected chi connectivity index (χ1v) is 15.9. The third-order valence-corrected chi connectivity index (χ3v) is 10.7. The Morgan fingerprint density at radius 2 is 1.54 bits per heavy atom. The van der Waals surface area contributed by atoms with Gasteiger partial charge in [0.25, 0.3) is 21.8 Å². The summed E-state index contributed by atoms with van der Waals surface area (Å²) in [6, 6.07) is 12.7. The minimum atomic E-state index is -3.81. The summed E-state index contributed by atoms with van der Waals surface area (Å²) in [4.78, 5) is 25.5. The number of ether oxygens (including phenoxy) is 1. The van der Waals surface area contributed by atoms with Crippen LogP contribution < -0.4 is 20.3 Å². The van der Waals surface area contributed by atoms with Crippen molar-refractivity contribution in [2.45, 2.75) is 34.8 Å². The number of nitrogens with one attached hydrogen (secondary N) is 3. The molecule has 1 aromatic heterocycles. The number of methoxy groups -OCH3 is 1. The van der Waals surface area contributed by atoms with E-state index < -0.39 is 31.9 Å². The minimum absolute atomic E-state index is 0.0396. The smallest absolute Gasteiger partial charge is 0.273 e. The van der Waals surface area contributed by atoms with E-state index >= 15 is 0 Å². The summed E-state index contributed by atoms with van der Waals surface area (Å²) in [6.45, 7) is 0.834. The number of hydrogen-bond donors (Lipinski definition) is 3. The fourth-order valence-electron chi connectivity index (χ4n) is 4.02. The molecule has 1 saturated heterocycles. The molecule has 14 heteroatoms. The molecule has 0 aliphatic carbocycles. The lowest BCUT2D eigenvalue weighted by atomic mass is 10.2. The Bertz CT molecular complexity index is 1530. The Hall–Kier alpha value is -3.46. The summed E-state index contributed by atoms with van der Waals surface area (Å²) < 4.78 is 60.3. The maximum absolute atomic E-state index is 13.2. The summed E-state index contributed by atoms with van der Waals surface area (Å²) in [6.07, 6.45) is 3.48. The molecule has 2 amide bonds. The van der Waals surface area contributed by atoms with Crippen molar-refractivity contribution in [3.8, 4) is 5.75 Å². The summed E-state index contributed by atoms with van der Waals surface area (Å²) in [7, 11) is -6.19. The average Bonchev–Trinajstić information content (AvgIpc) is 3.35. The van der Waals surface area contributed by atoms with Crippen LogP contribution in [0.1, 0.15) is 46.4 Å². The van der Waals surface area contributed by atoms with Crippen LogP contribution in [0.5, 0.6) is 5.75 Å². The third-order valence-electron chi connectivity index (χ3n) is 6.07. The lowest BCUT2D eigenvalue weighted by molar-refractivity contribution is 0.0844. The summed E-state index contributed by atoms with van der Waals surface area (Å²) in [5, 5.41) is 1.65. The zero-order chi connectivity index (χ0) is 28.0. The van der Waals surface area contributed by atoms with Crippen molar-refractivity contribution in [3.05, 3.63) is 71.1 Å². The van der Waals surface area contributed by atoms with Crippen LogP contribution >= 0.6 is 11.3 Å². The van der Waals surface area contributed by atoms with E-state index in [4.69, 9.17) is 4.74 Å². The molecule has 0 bridgehead atoms. The number of nitrogens with zero attached hydrogens (tertiary/aromatic N) is 1. The van der Waals surface area contributed by atoms with E-state index in [-0.39, 0.29) is 31.7 Å². The number of hydrazine groups is 1. The highest BCUT2D eigenvalue weighted by atomic mass is 32.2. The van der Waals surface area contributed by atoms with Crippen LogP contribution in [0.3, 0.4) is 0 Å². The molecule has 0 unspecified atom stereocenters. The summed E-state index contributed by atoms with van der Waals surface area (Å²) in [5.41, 5.74) is 4.90. The molecule has 2 heterocycles. The molecule has 208 valence electrons. The van der Waals surface area contributed by atoms with Crippen molar-refractivity contribution in [1.29, 1.82) is 0 Å². The second kappa shape index (κ2) is 12.2. The summed E-state index contributed by atoms with van der Waals surface area (Å²) >= 11 is 1.08. The highest BCUT2D eigenvalue weighted by molar-refractivity contribution is 7.94. The van der Waals surface area contributed by atoms with E-state index in [0.717, 1.165) is 37.0 Å². The van der Waals surface area contributed by atoms with Gasteiger partial charge in [-0.1, -0.05) is 18.9 Å².